The lowest BCUT2D eigenvalue weighted by atomic mass is 9.82. The molecule has 36 nitrogen and oxygen atoms in total. The number of terminal acetylenes is 2. The average Bonchev–Trinajstić information content (AvgIpc) is 1.63. The zero-order valence-corrected chi connectivity index (χ0v) is 85.5. The lowest BCUT2D eigenvalue weighted by Crippen LogP contribution is -2.41. The van der Waals surface area contributed by atoms with Crippen molar-refractivity contribution in [2.24, 2.45) is 28.2 Å². The number of carbonyl (C=O) groups is 4. The fourth-order valence-corrected chi connectivity index (χ4v) is 13.9. The zero-order valence-electron chi connectivity index (χ0n) is 77.4. The van der Waals surface area contributed by atoms with Crippen molar-refractivity contribution in [3.63, 3.8) is 0 Å². The van der Waals surface area contributed by atoms with Gasteiger partial charge in [0.25, 0.3) is 5.69 Å². The van der Waals surface area contributed by atoms with Gasteiger partial charge in [0.15, 0.2) is 26.4 Å². The van der Waals surface area contributed by atoms with E-state index < -0.39 is 43.5 Å². The molecule has 1 fully saturated rings. The molecule has 9 heterocycles. The summed E-state index contributed by atoms with van der Waals surface area (Å²) in [4.78, 5) is 89.3. The van der Waals surface area contributed by atoms with E-state index in [4.69, 9.17) is 57.8 Å². The number of carboxylic acid groups (broad SMARTS) is 1. The number of nitro benzene ring substituents is 1. The molecule has 1 aliphatic rings. The standard InChI is InChI=1S/C22H17N5O3.2C21H18BrN5O3.C10H17BN2O2.C9H8BrNO5.C8H4BrClN2.C5H10Si/c1-3-14-4-5-20-16(6-14)10-23-22(26-20)25-18-7-15(17-11-24-27(2)12-17)8-19(9-18)30-13-21(28)29;2*1-27-11-15(10-24-27)13-6-17(8-18(7-13)30-12-20(28)29-2)25-21-23-9-14-5-16(22)3-4-19(14)26-21;1-9(2)10(3,4)15-11(14-9)8-6-12-13(5)7-8;1-15-9(12)5-16-8-3-6(10)2-7(4-8)11(13)14;9-6-1-2-7-5(3-6)4-11-8(10)12-7;1-5-6(2,3)4/h1,4-12H,13H2,2H3,(H,28,29)(H,23,25,26);2*3-11H,12H2,1-2H3,(H,23,25,26);6-7H,1-5H3;2-4H,5H2,1H3;1-4H;1H,2-4H3. The molecule has 17 rings (SSSR count). The van der Waals surface area contributed by atoms with Gasteiger partial charge in [-0.3, -0.25) is 28.8 Å². The van der Waals surface area contributed by atoms with Crippen LogP contribution in [0.4, 0.5) is 40.6 Å². The van der Waals surface area contributed by atoms with Crippen molar-refractivity contribution >= 4 is 204 Å². The van der Waals surface area contributed by atoms with Crippen molar-refractivity contribution in [3.05, 3.63) is 259 Å². The van der Waals surface area contributed by atoms with E-state index in [9.17, 15) is 29.3 Å². The number of halogens is 5. The van der Waals surface area contributed by atoms with E-state index in [1.165, 1.54) is 39.5 Å². The number of nitro groups is 1. The van der Waals surface area contributed by atoms with Crippen LogP contribution in [-0.2, 0) is 70.9 Å². The molecule has 8 aromatic carbocycles. The number of aryl methyl sites for hydroxylation is 4. The number of nitrogens with one attached hydrogen (secondary N) is 3. The predicted molar refractivity (Wildman–Crippen MR) is 548 cm³/mol. The number of hydrogen-bond donors (Lipinski definition) is 4. The summed E-state index contributed by atoms with van der Waals surface area (Å²) < 4.78 is 57.4. The van der Waals surface area contributed by atoms with Gasteiger partial charge in [0.1, 0.15) is 31.1 Å². The van der Waals surface area contributed by atoms with Crippen LogP contribution in [0, 0.1) is 34.4 Å². The van der Waals surface area contributed by atoms with Gasteiger partial charge in [-0.1, -0.05) is 89.3 Å². The maximum atomic E-state index is 11.5. The van der Waals surface area contributed by atoms with E-state index in [1.54, 1.807) is 92.6 Å². The van der Waals surface area contributed by atoms with Gasteiger partial charge in [0, 0.05) is 192 Å². The van der Waals surface area contributed by atoms with Crippen molar-refractivity contribution in [2.45, 2.75) is 58.5 Å². The van der Waals surface area contributed by atoms with Gasteiger partial charge in [-0.15, -0.1) is 18.4 Å². The van der Waals surface area contributed by atoms with E-state index in [1.807, 2.05) is 184 Å². The summed E-state index contributed by atoms with van der Waals surface area (Å²) in [6.45, 7) is 13.5. The number of methoxy groups -OCH3 is 3. The van der Waals surface area contributed by atoms with Crippen molar-refractivity contribution in [2.75, 3.05) is 63.7 Å². The fraction of sp³-hybridized carbons (Fsp3) is 0.208. The predicted octanol–water partition coefficient (Wildman–Crippen LogP) is 18.6. The first-order chi connectivity index (χ1) is 66.1. The number of esters is 3. The van der Waals surface area contributed by atoms with Crippen LogP contribution < -0.4 is 40.4 Å². The number of carboxylic acids is 1. The Labute approximate surface area is 838 Å². The number of non-ortho nitro benzene ring substituents is 1. The molecule has 0 bridgehead atoms. The minimum absolute atomic E-state index is 0.116. The molecule has 139 heavy (non-hydrogen) atoms. The highest BCUT2D eigenvalue weighted by Gasteiger charge is 2.52. The third-order valence-electron chi connectivity index (χ3n) is 19.8. The number of fused-ring (bicyclic) bond motifs is 4. The van der Waals surface area contributed by atoms with Crippen molar-refractivity contribution < 1.29 is 71.7 Å². The number of nitrogens with zero attached hydrogens (tertiary/aromatic N) is 17. The molecule has 1 aliphatic heterocycles. The molecule has 0 spiro atoms. The Morgan fingerprint density at radius 3 is 1.14 bits per heavy atom. The first-order valence-corrected chi connectivity index (χ1v) is 48.8. The number of carbonyl (C=O) groups excluding carboxylic acids is 3. The van der Waals surface area contributed by atoms with E-state index in [0.29, 0.717) is 56.6 Å². The van der Waals surface area contributed by atoms with Gasteiger partial charge in [-0.2, -0.15) is 20.4 Å². The lowest BCUT2D eigenvalue weighted by molar-refractivity contribution is -0.385. The van der Waals surface area contributed by atoms with Crippen LogP contribution in [0.2, 0.25) is 24.9 Å². The van der Waals surface area contributed by atoms with Crippen LogP contribution in [0.15, 0.2) is 238 Å². The molecule has 0 aliphatic carbocycles. The summed E-state index contributed by atoms with van der Waals surface area (Å²) >= 11 is 19.0. The Hall–Kier alpha value is -14.6. The topological polar surface area (TPSA) is 425 Å². The minimum Gasteiger partial charge on any atom is -0.482 e. The molecular formula is C96H92BBr4ClN20O16Si. The number of benzene rings is 8. The van der Waals surface area contributed by atoms with Crippen LogP contribution in [-0.4, -0.2) is 187 Å². The highest BCUT2D eigenvalue weighted by Crippen LogP contribution is 2.38. The summed E-state index contributed by atoms with van der Waals surface area (Å²) in [5.74, 6) is 3.01. The van der Waals surface area contributed by atoms with Gasteiger partial charge in [0.05, 0.1) is 84.2 Å². The number of anilines is 6. The van der Waals surface area contributed by atoms with Crippen molar-refractivity contribution in [3.8, 4) is 80.7 Å². The summed E-state index contributed by atoms with van der Waals surface area (Å²) in [5.41, 5.74) is 14.4. The van der Waals surface area contributed by atoms with Crippen LogP contribution in [0.3, 0.4) is 0 Å². The second-order valence-corrected chi connectivity index (χ2v) is 41.0. The van der Waals surface area contributed by atoms with E-state index in [-0.39, 0.29) is 54.9 Å². The first kappa shape index (κ1) is 105. The Kier molecular flexibility index (Phi) is 36.5. The fourth-order valence-electron chi connectivity index (χ4n) is 12.2. The van der Waals surface area contributed by atoms with E-state index in [0.717, 1.165) is 101 Å². The average molecular weight is 2180 g/mol. The summed E-state index contributed by atoms with van der Waals surface area (Å²) in [6.07, 6.45) is 32.0. The molecule has 714 valence electrons. The van der Waals surface area contributed by atoms with Gasteiger partial charge < -0.3 is 63.5 Å². The quantitative estimate of drug-likeness (QED) is 0.00879. The number of hydrogen-bond acceptors (Lipinski definition) is 30. The molecule has 0 saturated carbocycles. The Bertz CT molecular complexity index is 6970. The second kappa shape index (κ2) is 48.4. The highest BCUT2D eigenvalue weighted by molar-refractivity contribution is 9.11. The van der Waals surface area contributed by atoms with Crippen LogP contribution in [0.1, 0.15) is 33.3 Å². The molecule has 0 unspecified atom stereocenters. The number of aliphatic carboxylic acids is 1. The zero-order chi connectivity index (χ0) is 100. The molecule has 43 heteroatoms. The van der Waals surface area contributed by atoms with Gasteiger partial charge >= 0.3 is 31.0 Å². The summed E-state index contributed by atoms with van der Waals surface area (Å²) in [5, 5.41) is 49.7. The third kappa shape index (κ3) is 31.7. The SMILES string of the molecule is C#C[Si](C)(C)C.C#Cc1ccc2nc(Nc3cc(OCC(=O)O)cc(-c4cnn(C)c4)c3)ncc2c1.COC(=O)COc1cc(Br)cc([N+](=O)[O-])c1.COC(=O)COc1cc(Nc2ncc3cc(Br)ccc3n2)cc(-c2cnn(C)c2)c1.COC(=O)COc1cc(Nc2ncc3cc(Br)ccc3n2)cc(-c2cnn(C)c2)c1.Clc1ncc2cc(Br)ccc2n1.Cn1cc(B2OC(C)(C)C(C)(C)O2)cn1. The monoisotopic (exact) mass is 2170 g/mol. The maximum Gasteiger partial charge on any atom is 0.498 e. The number of ether oxygens (including phenoxy) is 7. The Morgan fingerprint density at radius 2 is 0.806 bits per heavy atom. The van der Waals surface area contributed by atoms with Crippen LogP contribution in [0.25, 0.3) is 77.0 Å². The largest absolute Gasteiger partial charge is 0.498 e. The number of aromatic nitrogens is 16. The van der Waals surface area contributed by atoms with Gasteiger partial charge in [-0.05, 0) is 171 Å². The summed E-state index contributed by atoms with van der Waals surface area (Å²) in [7, 11) is 9.87. The van der Waals surface area contributed by atoms with Crippen LogP contribution in [0.5, 0.6) is 23.0 Å². The molecular weight excluding hydrogens is 2080 g/mol. The minimum atomic E-state index is -1.10. The molecule has 16 aromatic rings. The van der Waals surface area contributed by atoms with Crippen LogP contribution >= 0.6 is 75.3 Å². The Morgan fingerprint density at radius 1 is 0.460 bits per heavy atom. The Balaban J connectivity index is 0.000000162. The van der Waals surface area contributed by atoms with Crippen molar-refractivity contribution in [1.82, 2.24) is 79.0 Å². The van der Waals surface area contributed by atoms with Gasteiger partial charge in [0.2, 0.25) is 23.1 Å². The highest BCUT2D eigenvalue weighted by atomic mass is 79.9. The third-order valence-corrected chi connectivity index (χ3v) is 22.8. The first-order valence-electron chi connectivity index (χ1n) is 41.8. The molecule has 0 amide bonds. The molecule has 4 N–H and O–H groups in total. The van der Waals surface area contributed by atoms with Crippen molar-refractivity contribution in [1.29, 1.82) is 0 Å². The van der Waals surface area contributed by atoms with E-state index in [2.05, 4.69) is 185 Å². The molecule has 1 saturated heterocycles. The smallest absolute Gasteiger partial charge is 0.482 e. The lowest BCUT2D eigenvalue weighted by Gasteiger charge is -2.32. The molecule has 0 radical (unpaired) electrons. The number of rotatable bonds is 23. The molecule has 8 aromatic heterocycles. The second-order valence-electron chi connectivity index (χ2n) is 32.2. The van der Waals surface area contributed by atoms with Gasteiger partial charge in [-0.25, -0.2) is 59.0 Å². The molecule has 0 atom stereocenters. The van der Waals surface area contributed by atoms with E-state index >= 15 is 0 Å². The normalized spacial score (nSPS) is 11.9. The summed E-state index contributed by atoms with van der Waals surface area (Å²) in [6, 6.07) is 43.4. The maximum absolute atomic E-state index is 11.5.